The van der Waals surface area contributed by atoms with Crippen LogP contribution in [-0.4, -0.2) is 15.8 Å². The molecule has 0 aliphatic carbocycles. The van der Waals surface area contributed by atoms with Crippen molar-refractivity contribution in [3.8, 4) is 0 Å². The lowest BCUT2D eigenvalue weighted by Gasteiger charge is -2.03. The second kappa shape index (κ2) is 4.87. The standard InChI is InChI=1S/C14H14N2O/c1-10-7-12(8-11(2)16-10)14(17)9-13-5-3-4-6-15-13/h3-8H,9H2,1-2H3. The van der Waals surface area contributed by atoms with Crippen molar-refractivity contribution in [2.45, 2.75) is 20.3 Å². The highest BCUT2D eigenvalue weighted by Gasteiger charge is 2.09. The van der Waals surface area contributed by atoms with Crippen LogP contribution in [0.4, 0.5) is 0 Å². The summed E-state index contributed by atoms with van der Waals surface area (Å²) in [6.45, 7) is 3.79. The summed E-state index contributed by atoms with van der Waals surface area (Å²) in [6.07, 6.45) is 2.04. The van der Waals surface area contributed by atoms with Gasteiger partial charge in [0.05, 0.1) is 6.42 Å². The van der Waals surface area contributed by atoms with Crippen LogP contribution in [0, 0.1) is 13.8 Å². The van der Waals surface area contributed by atoms with Crippen LogP contribution in [0.5, 0.6) is 0 Å². The Morgan fingerprint density at radius 1 is 1.18 bits per heavy atom. The van der Waals surface area contributed by atoms with Gasteiger partial charge in [0.2, 0.25) is 0 Å². The lowest BCUT2D eigenvalue weighted by Crippen LogP contribution is -2.06. The Hall–Kier alpha value is -2.03. The summed E-state index contributed by atoms with van der Waals surface area (Å²) in [5.41, 5.74) is 3.24. The van der Waals surface area contributed by atoms with E-state index in [0.717, 1.165) is 17.1 Å². The number of aromatic nitrogens is 2. The zero-order valence-electron chi connectivity index (χ0n) is 9.97. The van der Waals surface area contributed by atoms with Gasteiger partial charge in [0.15, 0.2) is 5.78 Å². The van der Waals surface area contributed by atoms with E-state index in [-0.39, 0.29) is 5.78 Å². The smallest absolute Gasteiger partial charge is 0.168 e. The van der Waals surface area contributed by atoms with E-state index in [9.17, 15) is 4.79 Å². The average molecular weight is 226 g/mol. The molecule has 86 valence electrons. The zero-order valence-corrected chi connectivity index (χ0v) is 9.97. The van der Waals surface area contributed by atoms with Crippen LogP contribution in [-0.2, 0) is 6.42 Å². The molecule has 0 N–H and O–H groups in total. The van der Waals surface area contributed by atoms with Crippen LogP contribution in [0.3, 0.4) is 0 Å². The first-order valence-corrected chi connectivity index (χ1v) is 5.53. The van der Waals surface area contributed by atoms with Gasteiger partial charge >= 0.3 is 0 Å². The second-order valence-corrected chi connectivity index (χ2v) is 4.06. The SMILES string of the molecule is Cc1cc(C(=O)Cc2ccccn2)cc(C)n1. The van der Waals surface area contributed by atoms with Gasteiger partial charge in [0.25, 0.3) is 0 Å². The summed E-state index contributed by atoms with van der Waals surface area (Å²) >= 11 is 0. The van der Waals surface area contributed by atoms with Gasteiger partial charge < -0.3 is 0 Å². The number of carbonyl (C=O) groups is 1. The minimum absolute atomic E-state index is 0.0808. The predicted octanol–water partition coefficient (Wildman–Crippen LogP) is 2.52. The molecule has 0 aliphatic heterocycles. The van der Waals surface area contributed by atoms with Crippen LogP contribution < -0.4 is 0 Å². The van der Waals surface area contributed by atoms with Gasteiger partial charge in [-0.15, -0.1) is 0 Å². The third-order valence-electron chi connectivity index (χ3n) is 2.47. The van der Waals surface area contributed by atoms with Crippen molar-refractivity contribution < 1.29 is 4.79 Å². The summed E-state index contributed by atoms with van der Waals surface area (Å²) < 4.78 is 0. The van der Waals surface area contributed by atoms with E-state index in [1.54, 1.807) is 6.20 Å². The molecule has 2 heterocycles. The molecule has 3 nitrogen and oxygen atoms in total. The highest BCUT2D eigenvalue weighted by atomic mass is 16.1. The normalized spacial score (nSPS) is 10.2. The Morgan fingerprint density at radius 2 is 1.88 bits per heavy atom. The number of Topliss-reactive ketones (excluding diaryl/α,β-unsaturated/α-hetero) is 1. The number of rotatable bonds is 3. The molecule has 0 saturated heterocycles. The number of nitrogens with zero attached hydrogens (tertiary/aromatic N) is 2. The Morgan fingerprint density at radius 3 is 2.47 bits per heavy atom. The van der Waals surface area contributed by atoms with Gasteiger partial charge in [0.1, 0.15) is 0 Å². The molecule has 0 spiro atoms. The molecule has 0 saturated carbocycles. The van der Waals surface area contributed by atoms with Gasteiger partial charge in [-0.1, -0.05) is 6.07 Å². The Bertz CT molecular complexity index is 515. The van der Waals surface area contributed by atoms with Gasteiger partial charge in [-0.3, -0.25) is 14.8 Å². The Labute approximate surface area is 101 Å². The summed E-state index contributed by atoms with van der Waals surface area (Å²) in [6, 6.07) is 9.22. The first-order chi connectivity index (χ1) is 8.15. The minimum Gasteiger partial charge on any atom is -0.294 e. The van der Waals surface area contributed by atoms with Crippen molar-refractivity contribution in [3.05, 3.63) is 59.2 Å². The fourth-order valence-electron chi connectivity index (χ4n) is 1.76. The van der Waals surface area contributed by atoms with Crippen LogP contribution in [0.2, 0.25) is 0 Å². The zero-order chi connectivity index (χ0) is 12.3. The average Bonchev–Trinajstić information content (AvgIpc) is 2.29. The van der Waals surface area contributed by atoms with Crippen molar-refractivity contribution in [1.82, 2.24) is 9.97 Å². The van der Waals surface area contributed by atoms with Gasteiger partial charge in [0, 0.05) is 28.8 Å². The minimum atomic E-state index is 0.0808. The summed E-state index contributed by atoms with van der Waals surface area (Å²) in [5.74, 6) is 0.0808. The molecule has 0 amide bonds. The number of aryl methyl sites for hydroxylation is 2. The fourth-order valence-corrected chi connectivity index (χ4v) is 1.76. The van der Waals surface area contributed by atoms with Crippen molar-refractivity contribution in [1.29, 1.82) is 0 Å². The van der Waals surface area contributed by atoms with Crippen molar-refractivity contribution in [2.75, 3.05) is 0 Å². The van der Waals surface area contributed by atoms with E-state index < -0.39 is 0 Å². The number of ketones is 1. The summed E-state index contributed by atoms with van der Waals surface area (Å²) in [5, 5.41) is 0. The fraction of sp³-hybridized carbons (Fsp3) is 0.214. The molecule has 17 heavy (non-hydrogen) atoms. The van der Waals surface area contributed by atoms with Crippen LogP contribution in [0.25, 0.3) is 0 Å². The molecular weight excluding hydrogens is 212 g/mol. The van der Waals surface area contributed by atoms with Crippen LogP contribution in [0.1, 0.15) is 27.4 Å². The largest absolute Gasteiger partial charge is 0.294 e. The lowest BCUT2D eigenvalue weighted by molar-refractivity contribution is 0.0991. The number of pyridine rings is 2. The third-order valence-corrected chi connectivity index (χ3v) is 2.47. The first-order valence-electron chi connectivity index (χ1n) is 5.53. The number of carbonyl (C=O) groups excluding carboxylic acids is 1. The molecule has 0 atom stereocenters. The van der Waals surface area contributed by atoms with Crippen molar-refractivity contribution in [2.24, 2.45) is 0 Å². The molecule has 0 radical (unpaired) electrons. The predicted molar refractivity (Wildman–Crippen MR) is 66.0 cm³/mol. The summed E-state index contributed by atoms with van der Waals surface area (Å²) in [7, 11) is 0. The molecular formula is C14H14N2O. The highest BCUT2D eigenvalue weighted by Crippen LogP contribution is 2.08. The monoisotopic (exact) mass is 226 g/mol. The third kappa shape index (κ3) is 2.97. The first kappa shape index (κ1) is 11.5. The van der Waals surface area contributed by atoms with E-state index in [2.05, 4.69) is 9.97 Å². The maximum atomic E-state index is 12.1. The quantitative estimate of drug-likeness (QED) is 0.755. The van der Waals surface area contributed by atoms with Gasteiger partial charge in [-0.25, -0.2) is 0 Å². The number of hydrogen-bond donors (Lipinski definition) is 0. The molecule has 0 bridgehead atoms. The van der Waals surface area contributed by atoms with E-state index in [1.165, 1.54) is 0 Å². The summed E-state index contributed by atoms with van der Waals surface area (Å²) in [4.78, 5) is 20.5. The van der Waals surface area contributed by atoms with E-state index in [0.29, 0.717) is 12.0 Å². The maximum Gasteiger partial charge on any atom is 0.168 e. The Kier molecular flexibility index (Phi) is 3.28. The molecule has 3 heteroatoms. The van der Waals surface area contributed by atoms with E-state index in [1.807, 2.05) is 44.2 Å². The van der Waals surface area contributed by atoms with Gasteiger partial charge in [-0.2, -0.15) is 0 Å². The molecule has 0 unspecified atom stereocenters. The lowest BCUT2D eigenvalue weighted by atomic mass is 10.1. The molecule has 0 aliphatic rings. The van der Waals surface area contributed by atoms with Crippen LogP contribution in [0.15, 0.2) is 36.5 Å². The van der Waals surface area contributed by atoms with Gasteiger partial charge in [-0.05, 0) is 38.1 Å². The second-order valence-electron chi connectivity index (χ2n) is 4.06. The van der Waals surface area contributed by atoms with Crippen LogP contribution >= 0.6 is 0 Å². The van der Waals surface area contributed by atoms with E-state index >= 15 is 0 Å². The maximum absolute atomic E-state index is 12.1. The number of hydrogen-bond acceptors (Lipinski definition) is 3. The molecule has 2 aromatic rings. The molecule has 0 fully saturated rings. The Balaban J connectivity index is 2.20. The van der Waals surface area contributed by atoms with Crippen molar-refractivity contribution in [3.63, 3.8) is 0 Å². The van der Waals surface area contributed by atoms with E-state index in [4.69, 9.17) is 0 Å². The molecule has 2 aromatic heterocycles. The van der Waals surface area contributed by atoms with Crippen molar-refractivity contribution >= 4 is 5.78 Å². The highest BCUT2D eigenvalue weighted by molar-refractivity contribution is 5.97. The topological polar surface area (TPSA) is 42.9 Å². The molecule has 0 aromatic carbocycles. The molecule has 2 rings (SSSR count).